The fraction of sp³-hybridized carbons (Fsp3) is 0.400. The summed E-state index contributed by atoms with van der Waals surface area (Å²) in [5.41, 5.74) is 2.38. The van der Waals surface area contributed by atoms with Crippen LogP contribution in [0.5, 0.6) is 0 Å². The molecule has 0 unspecified atom stereocenters. The minimum atomic E-state index is -1.09. The van der Waals surface area contributed by atoms with E-state index in [4.69, 9.17) is 0 Å². The number of halogens is 1. The van der Waals surface area contributed by atoms with E-state index in [0.717, 1.165) is 28.8 Å². The van der Waals surface area contributed by atoms with Crippen LogP contribution in [0.2, 0.25) is 0 Å². The van der Waals surface area contributed by atoms with Crippen LogP contribution in [-0.4, -0.2) is 19.1 Å². The first-order valence-corrected chi connectivity index (χ1v) is 7.37. The summed E-state index contributed by atoms with van der Waals surface area (Å²) < 4.78 is 0.954. The third-order valence-corrected chi connectivity index (χ3v) is 3.90. The molecule has 102 valence electrons. The molecule has 2 rings (SSSR count). The number of carboxylic acid groups (broad SMARTS) is 1. The van der Waals surface area contributed by atoms with Crippen LogP contribution in [-0.2, 0) is 4.79 Å². The van der Waals surface area contributed by atoms with Crippen molar-refractivity contribution in [3.63, 3.8) is 0 Å². The van der Waals surface area contributed by atoms with Crippen LogP contribution in [0.1, 0.15) is 31.7 Å². The van der Waals surface area contributed by atoms with E-state index in [1.54, 1.807) is 6.08 Å². The molecule has 0 aromatic heterocycles. The SMILES string of the molecule is CC/C(=C\c1cc(Br)ccc1N1CCCC1)C(=O)[O-]. The molecule has 1 aromatic rings. The highest BCUT2D eigenvalue weighted by Crippen LogP contribution is 2.29. The number of carbonyl (C=O) groups is 1. The van der Waals surface area contributed by atoms with Crippen LogP contribution in [0.3, 0.4) is 0 Å². The van der Waals surface area contributed by atoms with Gasteiger partial charge in [0.25, 0.3) is 0 Å². The minimum absolute atomic E-state index is 0.332. The van der Waals surface area contributed by atoms with E-state index in [1.807, 2.05) is 25.1 Å². The predicted molar refractivity (Wildman–Crippen MR) is 78.9 cm³/mol. The van der Waals surface area contributed by atoms with Crippen LogP contribution in [0.25, 0.3) is 6.08 Å². The zero-order valence-electron chi connectivity index (χ0n) is 11.0. The van der Waals surface area contributed by atoms with Gasteiger partial charge in [0.15, 0.2) is 0 Å². The Bertz CT molecular complexity index is 505. The van der Waals surface area contributed by atoms with Crippen molar-refractivity contribution in [2.45, 2.75) is 26.2 Å². The molecule has 0 spiro atoms. The molecule has 0 aliphatic carbocycles. The number of carbonyl (C=O) groups excluding carboxylic acids is 1. The Morgan fingerprint density at radius 3 is 2.68 bits per heavy atom. The fourth-order valence-corrected chi connectivity index (χ4v) is 2.76. The maximum atomic E-state index is 11.0. The van der Waals surface area contributed by atoms with Crippen LogP contribution < -0.4 is 10.0 Å². The van der Waals surface area contributed by atoms with Crippen molar-refractivity contribution >= 4 is 33.7 Å². The van der Waals surface area contributed by atoms with E-state index >= 15 is 0 Å². The van der Waals surface area contributed by atoms with Gasteiger partial charge in [-0.3, -0.25) is 0 Å². The van der Waals surface area contributed by atoms with Gasteiger partial charge in [-0.15, -0.1) is 0 Å². The monoisotopic (exact) mass is 322 g/mol. The summed E-state index contributed by atoms with van der Waals surface area (Å²) in [6.45, 7) is 3.90. The van der Waals surface area contributed by atoms with E-state index in [0.29, 0.717) is 12.0 Å². The summed E-state index contributed by atoms with van der Waals surface area (Å²) >= 11 is 3.44. The average Bonchev–Trinajstić information content (AvgIpc) is 2.89. The van der Waals surface area contributed by atoms with E-state index < -0.39 is 5.97 Å². The largest absolute Gasteiger partial charge is 0.545 e. The topological polar surface area (TPSA) is 43.4 Å². The van der Waals surface area contributed by atoms with Crippen molar-refractivity contribution < 1.29 is 9.90 Å². The van der Waals surface area contributed by atoms with Gasteiger partial charge < -0.3 is 14.8 Å². The lowest BCUT2D eigenvalue weighted by atomic mass is 10.1. The average molecular weight is 323 g/mol. The van der Waals surface area contributed by atoms with Crippen molar-refractivity contribution in [3.8, 4) is 0 Å². The number of carboxylic acids is 1. The molecule has 0 radical (unpaired) electrons. The molecule has 4 heteroatoms. The van der Waals surface area contributed by atoms with E-state index in [1.165, 1.54) is 12.8 Å². The molecular formula is C15H17BrNO2-. The summed E-state index contributed by atoms with van der Waals surface area (Å²) in [5, 5.41) is 11.0. The van der Waals surface area contributed by atoms with E-state index in [-0.39, 0.29) is 0 Å². The van der Waals surface area contributed by atoms with Gasteiger partial charge in [0, 0.05) is 23.2 Å². The summed E-state index contributed by atoms with van der Waals surface area (Å²) in [7, 11) is 0. The lowest BCUT2D eigenvalue weighted by Crippen LogP contribution is -2.24. The van der Waals surface area contributed by atoms with Crippen molar-refractivity contribution in [2.24, 2.45) is 0 Å². The van der Waals surface area contributed by atoms with Crippen molar-refractivity contribution in [3.05, 3.63) is 33.8 Å². The Morgan fingerprint density at radius 2 is 2.11 bits per heavy atom. The quantitative estimate of drug-likeness (QED) is 0.800. The van der Waals surface area contributed by atoms with Crippen LogP contribution in [0.15, 0.2) is 28.2 Å². The van der Waals surface area contributed by atoms with Gasteiger partial charge in [0.05, 0.1) is 5.97 Å². The smallest absolute Gasteiger partial charge is 0.0674 e. The minimum Gasteiger partial charge on any atom is -0.545 e. The van der Waals surface area contributed by atoms with Crippen LogP contribution in [0.4, 0.5) is 5.69 Å². The van der Waals surface area contributed by atoms with Crippen molar-refractivity contribution in [2.75, 3.05) is 18.0 Å². The zero-order chi connectivity index (χ0) is 13.8. The Labute approximate surface area is 122 Å². The molecule has 0 amide bonds. The molecule has 1 heterocycles. The summed E-state index contributed by atoms with van der Waals surface area (Å²) in [4.78, 5) is 13.4. The highest BCUT2D eigenvalue weighted by molar-refractivity contribution is 9.10. The number of anilines is 1. The second kappa shape index (κ2) is 6.24. The third-order valence-electron chi connectivity index (χ3n) is 3.41. The molecule has 1 fully saturated rings. The first kappa shape index (κ1) is 14.1. The number of hydrogen-bond acceptors (Lipinski definition) is 3. The van der Waals surface area contributed by atoms with Crippen LogP contribution in [0, 0.1) is 0 Å². The molecule has 1 saturated heterocycles. The summed E-state index contributed by atoms with van der Waals surface area (Å²) in [5.74, 6) is -1.09. The third kappa shape index (κ3) is 3.38. The molecule has 0 saturated carbocycles. The number of rotatable bonds is 4. The maximum Gasteiger partial charge on any atom is 0.0674 e. The number of benzene rings is 1. The molecule has 0 bridgehead atoms. The molecule has 1 aromatic carbocycles. The highest BCUT2D eigenvalue weighted by Gasteiger charge is 2.15. The van der Waals surface area contributed by atoms with Crippen LogP contribution >= 0.6 is 15.9 Å². The normalized spacial score (nSPS) is 15.9. The lowest BCUT2D eigenvalue weighted by molar-refractivity contribution is -0.299. The van der Waals surface area contributed by atoms with Crippen molar-refractivity contribution in [1.29, 1.82) is 0 Å². The van der Waals surface area contributed by atoms with Gasteiger partial charge in [-0.1, -0.05) is 22.9 Å². The second-order valence-corrected chi connectivity index (χ2v) is 5.62. The number of hydrogen-bond donors (Lipinski definition) is 0. The molecule has 19 heavy (non-hydrogen) atoms. The molecular weight excluding hydrogens is 306 g/mol. The van der Waals surface area contributed by atoms with Gasteiger partial charge in [0.1, 0.15) is 0 Å². The van der Waals surface area contributed by atoms with Gasteiger partial charge in [-0.05, 0) is 54.7 Å². The first-order chi connectivity index (χ1) is 9.11. The molecule has 1 aliphatic rings. The second-order valence-electron chi connectivity index (χ2n) is 4.71. The van der Waals surface area contributed by atoms with Gasteiger partial charge in [-0.25, -0.2) is 0 Å². The van der Waals surface area contributed by atoms with Gasteiger partial charge in [-0.2, -0.15) is 0 Å². The maximum absolute atomic E-state index is 11.0. The molecule has 3 nitrogen and oxygen atoms in total. The highest BCUT2D eigenvalue weighted by atomic mass is 79.9. The van der Waals surface area contributed by atoms with Gasteiger partial charge in [0.2, 0.25) is 0 Å². The number of nitrogens with zero attached hydrogens (tertiary/aromatic N) is 1. The predicted octanol–water partition coefficient (Wildman–Crippen LogP) is 2.59. The molecule has 0 atom stereocenters. The Hall–Kier alpha value is -1.29. The Morgan fingerprint density at radius 1 is 1.42 bits per heavy atom. The first-order valence-electron chi connectivity index (χ1n) is 6.58. The standard InChI is InChI=1S/C15H18BrNO2/c1-2-11(15(18)19)9-12-10-13(16)5-6-14(12)17-7-3-4-8-17/h5-6,9-10H,2-4,7-8H2,1H3,(H,18,19)/p-1/b11-9+. The van der Waals surface area contributed by atoms with E-state index in [9.17, 15) is 9.90 Å². The summed E-state index contributed by atoms with van der Waals surface area (Å²) in [6, 6.07) is 6.01. The lowest BCUT2D eigenvalue weighted by Gasteiger charge is -2.21. The van der Waals surface area contributed by atoms with E-state index in [2.05, 4.69) is 20.8 Å². The number of aliphatic carboxylic acids is 1. The Kier molecular flexibility index (Phi) is 4.64. The fourth-order valence-electron chi connectivity index (χ4n) is 2.38. The zero-order valence-corrected chi connectivity index (χ0v) is 12.6. The Balaban J connectivity index is 2.42. The van der Waals surface area contributed by atoms with Gasteiger partial charge >= 0.3 is 0 Å². The van der Waals surface area contributed by atoms with Crippen molar-refractivity contribution in [1.82, 2.24) is 0 Å². The molecule has 0 N–H and O–H groups in total. The summed E-state index contributed by atoms with van der Waals surface area (Å²) in [6.07, 6.45) is 4.59. The molecule has 1 aliphatic heterocycles.